The van der Waals surface area contributed by atoms with E-state index in [4.69, 9.17) is 5.26 Å². The lowest BCUT2D eigenvalue weighted by Crippen LogP contribution is -2.38. The van der Waals surface area contributed by atoms with Gasteiger partial charge >= 0.3 is 0 Å². The Hall–Kier alpha value is -0.650. The van der Waals surface area contributed by atoms with E-state index in [-0.39, 0.29) is 6.42 Å². The molecular formula is C5H4F2N. The summed E-state index contributed by atoms with van der Waals surface area (Å²) in [6.07, 6.45) is 1.10. The number of nitriles is 1. The Kier molecular flexibility index (Phi) is 0.968. The number of halogens is 2. The number of hydrogen-bond acceptors (Lipinski definition) is 1. The van der Waals surface area contributed by atoms with Crippen molar-refractivity contribution >= 4 is 0 Å². The van der Waals surface area contributed by atoms with Crippen LogP contribution in [0.4, 0.5) is 8.78 Å². The second kappa shape index (κ2) is 1.41. The third kappa shape index (κ3) is 0.568. The van der Waals surface area contributed by atoms with E-state index in [1.165, 1.54) is 6.07 Å². The van der Waals surface area contributed by atoms with Gasteiger partial charge in [-0.3, -0.25) is 0 Å². The molecule has 1 rings (SSSR count). The second-order valence-corrected chi connectivity index (χ2v) is 1.80. The summed E-state index contributed by atoms with van der Waals surface area (Å²) in [5, 5.41) is 7.97. The van der Waals surface area contributed by atoms with Crippen LogP contribution in [0.1, 0.15) is 6.42 Å². The maximum absolute atomic E-state index is 11.9. The summed E-state index contributed by atoms with van der Waals surface area (Å²) in [5.74, 6) is -3.85. The highest BCUT2D eigenvalue weighted by Crippen LogP contribution is 2.41. The zero-order valence-corrected chi connectivity index (χ0v) is 4.06. The van der Waals surface area contributed by atoms with Crippen LogP contribution < -0.4 is 0 Å². The highest BCUT2D eigenvalue weighted by atomic mass is 19.3. The lowest BCUT2D eigenvalue weighted by atomic mass is 9.82. The minimum Gasteiger partial charge on any atom is -0.205 e. The Morgan fingerprint density at radius 3 is 2.38 bits per heavy atom. The summed E-state index contributed by atoms with van der Waals surface area (Å²) in [4.78, 5) is 0. The summed E-state index contributed by atoms with van der Waals surface area (Å²) in [6.45, 7) is 0. The molecule has 8 heavy (non-hydrogen) atoms. The predicted molar refractivity (Wildman–Crippen MR) is 23.0 cm³/mol. The van der Waals surface area contributed by atoms with E-state index in [1.54, 1.807) is 0 Å². The SMILES string of the molecule is N#CC1C[CH]C1(F)F. The molecule has 1 aliphatic rings. The smallest absolute Gasteiger partial charge is 0.205 e. The molecule has 0 aromatic rings. The van der Waals surface area contributed by atoms with Crippen LogP contribution in [0.2, 0.25) is 0 Å². The molecule has 1 radical (unpaired) electrons. The molecule has 1 nitrogen and oxygen atoms in total. The molecule has 0 aliphatic heterocycles. The molecule has 43 valence electrons. The van der Waals surface area contributed by atoms with Crippen molar-refractivity contribution < 1.29 is 8.78 Å². The molecule has 1 saturated carbocycles. The van der Waals surface area contributed by atoms with Gasteiger partial charge in [0, 0.05) is 6.42 Å². The molecule has 0 heterocycles. The van der Waals surface area contributed by atoms with Crippen LogP contribution in [-0.2, 0) is 0 Å². The minimum absolute atomic E-state index is 0.240. The van der Waals surface area contributed by atoms with E-state index in [2.05, 4.69) is 0 Å². The monoisotopic (exact) mass is 116 g/mol. The van der Waals surface area contributed by atoms with E-state index >= 15 is 0 Å². The van der Waals surface area contributed by atoms with Crippen molar-refractivity contribution in [3.05, 3.63) is 6.42 Å². The lowest BCUT2D eigenvalue weighted by molar-refractivity contribution is -0.0539. The van der Waals surface area contributed by atoms with Gasteiger partial charge in [0.1, 0.15) is 5.92 Å². The predicted octanol–water partition coefficient (Wildman–Crippen LogP) is 1.37. The Morgan fingerprint density at radius 1 is 1.75 bits per heavy atom. The molecule has 0 aromatic carbocycles. The fourth-order valence-corrected chi connectivity index (χ4v) is 0.553. The normalized spacial score (nSPS) is 32.9. The fraction of sp³-hybridized carbons (Fsp3) is 0.600. The maximum Gasteiger partial charge on any atom is 0.267 e. The summed E-state index contributed by atoms with van der Waals surface area (Å²) in [7, 11) is 0. The summed E-state index contributed by atoms with van der Waals surface area (Å²) < 4.78 is 23.8. The molecule has 1 unspecified atom stereocenters. The highest BCUT2D eigenvalue weighted by molar-refractivity contribution is 5.12. The number of alkyl halides is 2. The molecule has 0 saturated heterocycles. The summed E-state index contributed by atoms with van der Waals surface area (Å²) in [6, 6.07) is 1.51. The average molecular weight is 116 g/mol. The zero-order valence-electron chi connectivity index (χ0n) is 4.06. The van der Waals surface area contributed by atoms with Gasteiger partial charge in [0.05, 0.1) is 6.07 Å². The van der Waals surface area contributed by atoms with Crippen molar-refractivity contribution in [2.45, 2.75) is 12.3 Å². The third-order valence-electron chi connectivity index (χ3n) is 1.25. The van der Waals surface area contributed by atoms with E-state index < -0.39 is 11.8 Å². The van der Waals surface area contributed by atoms with Crippen LogP contribution in [0.15, 0.2) is 0 Å². The van der Waals surface area contributed by atoms with Gasteiger partial charge < -0.3 is 0 Å². The highest BCUT2D eigenvalue weighted by Gasteiger charge is 2.48. The van der Waals surface area contributed by atoms with Gasteiger partial charge in [-0.2, -0.15) is 5.26 Å². The number of rotatable bonds is 0. The quantitative estimate of drug-likeness (QED) is 0.469. The van der Waals surface area contributed by atoms with Crippen molar-refractivity contribution in [1.82, 2.24) is 0 Å². The second-order valence-electron chi connectivity index (χ2n) is 1.80. The molecule has 0 amide bonds. The van der Waals surface area contributed by atoms with Crippen molar-refractivity contribution in [3.8, 4) is 6.07 Å². The van der Waals surface area contributed by atoms with Crippen LogP contribution in [0.25, 0.3) is 0 Å². The van der Waals surface area contributed by atoms with E-state index in [0.29, 0.717) is 0 Å². The molecular weight excluding hydrogens is 112 g/mol. The molecule has 3 heteroatoms. The molecule has 0 bridgehead atoms. The van der Waals surface area contributed by atoms with Crippen molar-refractivity contribution in [2.24, 2.45) is 5.92 Å². The fourth-order valence-electron chi connectivity index (χ4n) is 0.553. The zero-order chi connectivity index (χ0) is 6.20. The Balaban J connectivity index is 2.53. The average Bonchev–Trinajstić information content (AvgIpc) is 1.66. The maximum atomic E-state index is 11.9. The van der Waals surface area contributed by atoms with Crippen LogP contribution in [0, 0.1) is 23.7 Å². The summed E-state index contributed by atoms with van der Waals surface area (Å²) >= 11 is 0. The first-order chi connectivity index (χ1) is 3.67. The molecule has 0 aromatic heterocycles. The number of hydrogen-bond donors (Lipinski definition) is 0. The lowest BCUT2D eigenvalue weighted by Gasteiger charge is -2.29. The van der Waals surface area contributed by atoms with Crippen molar-refractivity contribution in [2.75, 3.05) is 0 Å². The van der Waals surface area contributed by atoms with Gasteiger partial charge in [0.25, 0.3) is 5.92 Å². The Labute approximate surface area is 45.9 Å². The van der Waals surface area contributed by atoms with Crippen LogP contribution >= 0.6 is 0 Å². The first-order valence-corrected chi connectivity index (χ1v) is 2.28. The van der Waals surface area contributed by atoms with E-state index in [1.807, 2.05) is 0 Å². The molecule has 1 aliphatic carbocycles. The Bertz CT molecular complexity index is 136. The van der Waals surface area contributed by atoms with Crippen LogP contribution in [-0.4, -0.2) is 5.92 Å². The van der Waals surface area contributed by atoms with Crippen LogP contribution in [0.3, 0.4) is 0 Å². The van der Waals surface area contributed by atoms with Gasteiger partial charge in [-0.1, -0.05) is 0 Å². The number of nitrogens with zero attached hydrogens (tertiary/aromatic N) is 1. The van der Waals surface area contributed by atoms with Crippen LogP contribution in [0.5, 0.6) is 0 Å². The molecule has 1 atom stereocenters. The standard InChI is InChI=1S/C5H4F2N/c6-5(7)2-1-4(5)3-8/h2,4H,1H2. The minimum atomic E-state index is -2.80. The summed E-state index contributed by atoms with van der Waals surface area (Å²) in [5.41, 5.74) is 0. The van der Waals surface area contributed by atoms with E-state index in [9.17, 15) is 8.78 Å². The molecule has 0 N–H and O–H groups in total. The third-order valence-corrected chi connectivity index (χ3v) is 1.25. The largest absolute Gasteiger partial charge is 0.267 e. The van der Waals surface area contributed by atoms with Gasteiger partial charge in [0.15, 0.2) is 0 Å². The van der Waals surface area contributed by atoms with Crippen molar-refractivity contribution in [3.63, 3.8) is 0 Å². The first-order valence-electron chi connectivity index (χ1n) is 2.28. The van der Waals surface area contributed by atoms with Gasteiger partial charge in [-0.25, -0.2) is 8.78 Å². The van der Waals surface area contributed by atoms with Crippen molar-refractivity contribution in [1.29, 1.82) is 5.26 Å². The van der Waals surface area contributed by atoms with E-state index in [0.717, 1.165) is 6.42 Å². The molecule has 1 fully saturated rings. The van der Waals surface area contributed by atoms with Gasteiger partial charge in [-0.15, -0.1) is 0 Å². The molecule has 0 spiro atoms. The first kappa shape index (κ1) is 5.49. The van der Waals surface area contributed by atoms with Gasteiger partial charge in [0.2, 0.25) is 0 Å². The van der Waals surface area contributed by atoms with Gasteiger partial charge in [-0.05, 0) is 6.42 Å². The topological polar surface area (TPSA) is 23.8 Å². The Morgan fingerprint density at radius 2 is 2.38 bits per heavy atom.